The van der Waals surface area contributed by atoms with Crippen molar-refractivity contribution in [1.29, 1.82) is 0 Å². The molecule has 0 saturated carbocycles. The molecule has 0 heterocycles. The molecule has 0 nitrogen and oxygen atoms in total. The van der Waals surface area contributed by atoms with Crippen LogP contribution in [-0.4, -0.2) is 0 Å². The predicted octanol–water partition coefficient (Wildman–Crippen LogP) is 9.31. The molecule has 4 heteroatoms. The molecule has 0 N–H and O–H groups in total. The topological polar surface area (TPSA) is 0 Å². The fourth-order valence-electron chi connectivity index (χ4n) is 7.35. The first-order valence-electron chi connectivity index (χ1n) is 19.2. The summed E-state index contributed by atoms with van der Waals surface area (Å²) in [4.78, 5) is 0. The summed E-state index contributed by atoms with van der Waals surface area (Å²) in [6.45, 7) is 8.67. The summed E-state index contributed by atoms with van der Waals surface area (Å²) in [5.74, 6) is 0. The number of benzene rings is 6. The molecule has 0 amide bonds. The summed E-state index contributed by atoms with van der Waals surface area (Å²) in [6.07, 6.45) is 2.27. The molecule has 288 valence electrons. The third-order valence-electron chi connectivity index (χ3n) is 10.1. The largest absolute Gasteiger partial charge is 2.00 e. The van der Waals surface area contributed by atoms with Crippen LogP contribution in [0.15, 0.2) is 194 Å². The van der Waals surface area contributed by atoms with Crippen LogP contribution in [0.1, 0.15) is 36.1 Å². The van der Waals surface area contributed by atoms with Gasteiger partial charge in [-0.1, -0.05) is 124 Å². The van der Waals surface area contributed by atoms with Gasteiger partial charge in [0.05, 0.1) is 0 Å². The fourth-order valence-corrected chi connectivity index (χ4v) is 7.35. The SMILES string of the molecule is CCc1cc2ccccc2[cH-]1.CCc1cc2ccccc2[cH-]1.Cc1cc2c(-c3ccccc3)cccc2[cH-]1.Cc1cc2c(-c3ccccc3)cccc2[cH-]1.[Cl-].[Cl-].[Zr+2].[Zr+2]. The van der Waals surface area contributed by atoms with Gasteiger partial charge >= 0.3 is 52.4 Å². The van der Waals surface area contributed by atoms with E-state index in [0.717, 1.165) is 12.8 Å². The van der Waals surface area contributed by atoms with E-state index in [1.807, 2.05) is 0 Å². The van der Waals surface area contributed by atoms with Crippen LogP contribution in [0.3, 0.4) is 0 Å². The van der Waals surface area contributed by atoms with Crippen LogP contribution in [0.2, 0.25) is 0 Å². The Balaban J connectivity index is 0.000000205. The Bertz CT molecular complexity index is 2450. The van der Waals surface area contributed by atoms with Crippen molar-refractivity contribution in [2.24, 2.45) is 0 Å². The maximum Gasteiger partial charge on any atom is 2.00 e. The second kappa shape index (κ2) is 23.6. The Labute approximate surface area is 395 Å². The Morgan fingerprint density at radius 3 is 1.07 bits per heavy atom. The van der Waals surface area contributed by atoms with Crippen molar-refractivity contribution >= 4 is 43.1 Å². The van der Waals surface area contributed by atoms with Gasteiger partial charge in [-0.05, 0) is 24.0 Å². The molecular weight excluding hydrogens is 902 g/mol. The minimum Gasteiger partial charge on any atom is -1.00 e. The van der Waals surface area contributed by atoms with E-state index < -0.39 is 0 Å². The maximum absolute atomic E-state index is 2.26. The average molecular weight is 950 g/mol. The van der Waals surface area contributed by atoms with Crippen LogP contribution in [0, 0.1) is 13.8 Å². The summed E-state index contributed by atoms with van der Waals surface area (Å²) in [5, 5.41) is 10.8. The molecule has 10 aromatic carbocycles. The normalized spacial score (nSPS) is 10.0. The molecule has 10 rings (SSSR count). The molecule has 0 aliphatic heterocycles. The van der Waals surface area contributed by atoms with Crippen LogP contribution in [-0.2, 0) is 65.2 Å². The molecule has 0 radical (unpaired) electrons. The first-order chi connectivity index (χ1) is 26.5. The molecule has 0 aliphatic carbocycles. The standard InChI is InChI=1S/2C16H13.2C11H11.2ClH.2Zr/c2*1-12-10-14-8-5-9-15(16(14)11-12)13-6-3-2-4-7-13;2*1-2-9-7-10-5-3-4-6-11(10)8-9;;;;/h2*2-11H,1H3;2*3-8H,2H2,1H3;2*1H;;/q4*-1;;;2*+2/p-2. The van der Waals surface area contributed by atoms with E-state index in [2.05, 4.69) is 222 Å². The van der Waals surface area contributed by atoms with E-state index in [-0.39, 0.29) is 77.2 Å². The van der Waals surface area contributed by atoms with Gasteiger partial charge in [0.15, 0.2) is 0 Å². The van der Waals surface area contributed by atoms with Crippen molar-refractivity contribution in [3.05, 3.63) is 216 Å². The second-order valence-electron chi connectivity index (χ2n) is 14.1. The Morgan fingerprint density at radius 2 is 0.707 bits per heavy atom. The third kappa shape index (κ3) is 12.1. The molecule has 0 atom stereocenters. The van der Waals surface area contributed by atoms with Crippen LogP contribution >= 0.6 is 0 Å². The van der Waals surface area contributed by atoms with E-state index in [0.29, 0.717) is 0 Å². The first kappa shape index (κ1) is 48.5. The summed E-state index contributed by atoms with van der Waals surface area (Å²) in [7, 11) is 0. The van der Waals surface area contributed by atoms with Gasteiger partial charge in [-0.25, -0.2) is 0 Å². The Hall–Kier alpha value is -3.89. The zero-order chi connectivity index (χ0) is 37.3. The quantitative estimate of drug-likeness (QED) is 0.155. The van der Waals surface area contributed by atoms with E-state index in [1.165, 1.54) is 87.6 Å². The van der Waals surface area contributed by atoms with Crippen molar-refractivity contribution < 1.29 is 77.2 Å². The number of halogens is 2. The van der Waals surface area contributed by atoms with Gasteiger partial charge in [0.1, 0.15) is 0 Å². The summed E-state index contributed by atoms with van der Waals surface area (Å²) in [6, 6.07) is 69.1. The number of hydrogen-bond acceptors (Lipinski definition) is 0. The van der Waals surface area contributed by atoms with Crippen molar-refractivity contribution in [1.82, 2.24) is 0 Å². The van der Waals surface area contributed by atoms with E-state index in [9.17, 15) is 0 Å². The van der Waals surface area contributed by atoms with Crippen LogP contribution in [0.25, 0.3) is 65.3 Å². The molecule has 0 fully saturated rings. The van der Waals surface area contributed by atoms with Crippen LogP contribution in [0.4, 0.5) is 0 Å². The van der Waals surface area contributed by atoms with Crippen LogP contribution < -0.4 is 24.8 Å². The minimum absolute atomic E-state index is 0. The third-order valence-corrected chi connectivity index (χ3v) is 10.1. The fraction of sp³-hybridized carbons (Fsp3) is 0.111. The van der Waals surface area contributed by atoms with E-state index in [1.54, 1.807) is 0 Å². The van der Waals surface area contributed by atoms with Crippen LogP contribution in [0.5, 0.6) is 0 Å². The van der Waals surface area contributed by atoms with E-state index in [4.69, 9.17) is 0 Å². The van der Waals surface area contributed by atoms with Gasteiger partial charge in [0, 0.05) is 0 Å². The van der Waals surface area contributed by atoms with Gasteiger partial charge in [-0.3, -0.25) is 0 Å². The van der Waals surface area contributed by atoms with Gasteiger partial charge in [0.25, 0.3) is 0 Å². The second-order valence-corrected chi connectivity index (χ2v) is 14.1. The minimum atomic E-state index is 0. The summed E-state index contributed by atoms with van der Waals surface area (Å²) in [5.41, 5.74) is 10.8. The van der Waals surface area contributed by atoms with Gasteiger partial charge in [-0.15, -0.1) is 150 Å². The van der Waals surface area contributed by atoms with Gasteiger partial charge < -0.3 is 24.8 Å². The Morgan fingerprint density at radius 1 is 0.362 bits per heavy atom. The van der Waals surface area contributed by atoms with Gasteiger partial charge in [-0.2, -0.15) is 24.3 Å². The number of aryl methyl sites for hydroxylation is 4. The summed E-state index contributed by atoms with van der Waals surface area (Å²) < 4.78 is 0. The first-order valence-corrected chi connectivity index (χ1v) is 19.2. The average Bonchev–Trinajstić information content (AvgIpc) is 4.02. The molecule has 58 heavy (non-hydrogen) atoms. The van der Waals surface area contributed by atoms with Crippen molar-refractivity contribution in [2.75, 3.05) is 0 Å². The molecule has 0 spiro atoms. The zero-order valence-corrected chi connectivity index (χ0v) is 40.1. The molecule has 10 aromatic rings. The van der Waals surface area contributed by atoms with Crippen molar-refractivity contribution in [2.45, 2.75) is 40.5 Å². The molecule has 0 bridgehead atoms. The van der Waals surface area contributed by atoms with E-state index >= 15 is 0 Å². The van der Waals surface area contributed by atoms with Crippen molar-refractivity contribution in [3.8, 4) is 22.3 Å². The molecule has 0 aromatic heterocycles. The Kier molecular flexibility index (Phi) is 19.8. The maximum atomic E-state index is 2.26. The summed E-state index contributed by atoms with van der Waals surface area (Å²) >= 11 is 0. The molecule has 0 aliphatic rings. The van der Waals surface area contributed by atoms with Gasteiger partial charge in [0.2, 0.25) is 0 Å². The number of hydrogen-bond donors (Lipinski definition) is 0. The monoisotopic (exact) mass is 946 g/mol. The molecule has 0 unspecified atom stereocenters. The number of fused-ring (bicyclic) bond motifs is 4. The molecular formula is C54H48Cl2Zr2-2. The smallest absolute Gasteiger partial charge is 1.00 e. The number of rotatable bonds is 4. The zero-order valence-electron chi connectivity index (χ0n) is 33.6. The molecule has 0 saturated heterocycles. The van der Waals surface area contributed by atoms with Crippen molar-refractivity contribution in [3.63, 3.8) is 0 Å². The predicted molar refractivity (Wildman–Crippen MR) is 237 cm³/mol.